The van der Waals surface area contributed by atoms with Gasteiger partial charge in [-0.1, -0.05) is 32.0 Å². The lowest BCUT2D eigenvalue weighted by atomic mass is 9.88. The van der Waals surface area contributed by atoms with Crippen LogP contribution in [0.3, 0.4) is 0 Å². The maximum absolute atomic E-state index is 14.0. The van der Waals surface area contributed by atoms with E-state index in [1.807, 2.05) is 23.1 Å². The van der Waals surface area contributed by atoms with Crippen LogP contribution in [0.4, 0.5) is 10.1 Å². The number of anilines is 1. The van der Waals surface area contributed by atoms with E-state index in [2.05, 4.69) is 35.8 Å². The number of methoxy groups -OCH3 is 1. The number of likely N-dealkylation sites (tertiary alicyclic amines) is 1. The van der Waals surface area contributed by atoms with Gasteiger partial charge in [0.2, 0.25) is 5.91 Å². The molecule has 2 aromatic rings. The van der Waals surface area contributed by atoms with Gasteiger partial charge in [0.25, 0.3) is 0 Å². The average molecular weight is 454 g/mol. The van der Waals surface area contributed by atoms with Gasteiger partial charge in [-0.15, -0.1) is 0 Å². The molecular weight excluding hydrogens is 417 g/mol. The van der Waals surface area contributed by atoms with E-state index in [4.69, 9.17) is 4.74 Å². The Morgan fingerprint density at radius 3 is 2.52 bits per heavy atom. The molecule has 1 amide bonds. The largest absolute Gasteiger partial charge is 0.497 e. The van der Waals surface area contributed by atoms with E-state index in [-0.39, 0.29) is 17.6 Å². The summed E-state index contributed by atoms with van der Waals surface area (Å²) in [6.45, 7) is 10.4. The van der Waals surface area contributed by atoms with Crippen molar-refractivity contribution in [3.63, 3.8) is 0 Å². The Bertz CT molecular complexity index is 942. The molecule has 0 N–H and O–H groups in total. The fraction of sp³-hybridized carbons (Fsp3) is 0.519. The van der Waals surface area contributed by atoms with E-state index in [1.54, 1.807) is 19.2 Å². The molecule has 33 heavy (non-hydrogen) atoms. The molecule has 4 rings (SSSR count). The Morgan fingerprint density at radius 1 is 1.06 bits per heavy atom. The van der Waals surface area contributed by atoms with Gasteiger partial charge in [-0.05, 0) is 41.7 Å². The van der Waals surface area contributed by atoms with Gasteiger partial charge < -0.3 is 14.5 Å². The summed E-state index contributed by atoms with van der Waals surface area (Å²) < 4.78 is 19.4. The molecule has 0 bridgehead atoms. The summed E-state index contributed by atoms with van der Waals surface area (Å²) in [7, 11) is 1.70. The minimum absolute atomic E-state index is 0.174. The second kappa shape index (κ2) is 10.6. The van der Waals surface area contributed by atoms with E-state index < -0.39 is 0 Å². The van der Waals surface area contributed by atoms with Crippen molar-refractivity contribution in [2.24, 2.45) is 11.8 Å². The maximum atomic E-state index is 14.0. The van der Waals surface area contributed by atoms with Crippen molar-refractivity contribution in [1.29, 1.82) is 0 Å². The number of amides is 1. The Balaban J connectivity index is 1.41. The number of hydrogen-bond acceptors (Lipinski definition) is 4. The van der Waals surface area contributed by atoms with E-state index in [0.717, 1.165) is 50.6 Å². The highest BCUT2D eigenvalue weighted by molar-refractivity contribution is 5.76. The fourth-order valence-corrected chi connectivity index (χ4v) is 5.18. The molecule has 0 saturated carbocycles. The molecular formula is C27H36FN3O2. The minimum atomic E-state index is -0.204. The zero-order chi connectivity index (χ0) is 23.4. The Kier molecular flexibility index (Phi) is 7.53. The highest BCUT2D eigenvalue weighted by Crippen LogP contribution is 2.34. The van der Waals surface area contributed by atoms with Crippen LogP contribution in [0.15, 0.2) is 48.5 Å². The normalized spacial score (nSPS) is 21.6. The average Bonchev–Trinajstić information content (AvgIpc) is 3.23. The zero-order valence-electron chi connectivity index (χ0n) is 20.0. The van der Waals surface area contributed by atoms with Gasteiger partial charge in [0.05, 0.1) is 7.11 Å². The zero-order valence-corrected chi connectivity index (χ0v) is 20.0. The summed E-state index contributed by atoms with van der Waals surface area (Å²) in [4.78, 5) is 19.7. The summed E-state index contributed by atoms with van der Waals surface area (Å²) in [5, 5.41) is 0. The topological polar surface area (TPSA) is 36.0 Å². The number of nitrogens with zero attached hydrogens (tertiary/aromatic N) is 3. The number of piperazine rings is 1. The number of carbonyl (C=O) groups excluding carboxylic acids is 1. The SMILES string of the molecule is COc1cccc(N2CCN(C[C@@H]3CN(C(=O)CC(C)C)C[C@@H]3c3cccc(F)c3)CC2)c1. The number of carbonyl (C=O) groups is 1. The molecule has 178 valence electrons. The van der Waals surface area contributed by atoms with Crippen LogP contribution in [-0.4, -0.2) is 68.6 Å². The molecule has 2 atom stereocenters. The van der Waals surface area contributed by atoms with Crippen molar-refractivity contribution in [2.45, 2.75) is 26.2 Å². The molecule has 0 spiro atoms. The Morgan fingerprint density at radius 2 is 1.82 bits per heavy atom. The van der Waals surface area contributed by atoms with Gasteiger partial charge in [-0.2, -0.15) is 0 Å². The lowest BCUT2D eigenvalue weighted by Crippen LogP contribution is -2.48. The van der Waals surface area contributed by atoms with Crippen molar-refractivity contribution in [3.8, 4) is 5.75 Å². The molecule has 2 fully saturated rings. The van der Waals surface area contributed by atoms with Crippen molar-refractivity contribution >= 4 is 11.6 Å². The van der Waals surface area contributed by atoms with Crippen molar-refractivity contribution in [2.75, 3.05) is 57.8 Å². The predicted molar refractivity (Wildman–Crippen MR) is 130 cm³/mol. The van der Waals surface area contributed by atoms with Gasteiger partial charge in [0.1, 0.15) is 11.6 Å². The standard InChI is InChI=1S/C27H36FN3O2/c1-20(2)14-27(32)31-18-22(26(19-31)21-6-4-7-23(28)15-21)17-29-10-12-30(13-11-29)24-8-5-9-25(16-24)33-3/h4-9,15-16,20,22,26H,10-14,17-19H2,1-3H3/t22-,26-/m1/s1. The molecule has 0 radical (unpaired) electrons. The van der Waals surface area contributed by atoms with Crippen LogP contribution in [0.5, 0.6) is 5.75 Å². The Labute approximate surface area is 197 Å². The Hall–Kier alpha value is -2.60. The van der Waals surface area contributed by atoms with Crippen LogP contribution in [0.2, 0.25) is 0 Å². The summed E-state index contributed by atoms with van der Waals surface area (Å²) in [5.41, 5.74) is 2.20. The van der Waals surface area contributed by atoms with Crippen LogP contribution in [0, 0.1) is 17.7 Å². The molecule has 6 heteroatoms. The smallest absolute Gasteiger partial charge is 0.222 e. The first-order valence-electron chi connectivity index (χ1n) is 12.1. The van der Waals surface area contributed by atoms with Gasteiger partial charge >= 0.3 is 0 Å². The molecule has 2 aromatic carbocycles. The van der Waals surface area contributed by atoms with Gasteiger partial charge in [0, 0.05) is 69.9 Å². The number of benzene rings is 2. The third-order valence-electron chi connectivity index (χ3n) is 6.94. The molecule has 2 aliphatic heterocycles. The molecule has 0 unspecified atom stereocenters. The van der Waals surface area contributed by atoms with Crippen LogP contribution in [0.1, 0.15) is 31.7 Å². The first kappa shape index (κ1) is 23.6. The summed E-state index contributed by atoms with van der Waals surface area (Å²) in [5.74, 6) is 1.72. The van der Waals surface area contributed by atoms with Crippen LogP contribution < -0.4 is 9.64 Å². The fourth-order valence-electron chi connectivity index (χ4n) is 5.18. The van der Waals surface area contributed by atoms with Crippen LogP contribution in [0.25, 0.3) is 0 Å². The monoisotopic (exact) mass is 453 g/mol. The lowest BCUT2D eigenvalue weighted by molar-refractivity contribution is -0.131. The van der Waals surface area contributed by atoms with Gasteiger partial charge in [-0.25, -0.2) is 4.39 Å². The second-order valence-corrected chi connectivity index (χ2v) is 9.81. The number of rotatable bonds is 7. The lowest BCUT2D eigenvalue weighted by Gasteiger charge is -2.38. The van der Waals surface area contributed by atoms with E-state index in [0.29, 0.717) is 24.8 Å². The third kappa shape index (κ3) is 5.85. The first-order chi connectivity index (χ1) is 15.9. The molecule has 5 nitrogen and oxygen atoms in total. The molecule has 2 saturated heterocycles. The van der Waals surface area contributed by atoms with Crippen LogP contribution >= 0.6 is 0 Å². The molecule has 2 aliphatic rings. The summed E-state index contributed by atoms with van der Waals surface area (Å²) in [6.07, 6.45) is 0.571. The van der Waals surface area contributed by atoms with Gasteiger partial charge in [-0.3, -0.25) is 9.69 Å². The molecule has 0 aliphatic carbocycles. The summed E-state index contributed by atoms with van der Waals surface area (Å²) in [6, 6.07) is 15.2. The predicted octanol–water partition coefficient (Wildman–Crippen LogP) is 4.24. The highest BCUT2D eigenvalue weighted by atomic mass is 19.1. The molecule has 0 aromatic heterocycles. The van der Waals surface area contributed by atoms with Crippen molar-refractivity contribution < 1.29 is 13.9 Å². The van der Waals surface area contributed by atoms with E-state index >= 15 is 0 Å². The number of halogens is 1. The van der Waals surface area contributed by atoms with Gasteiger partial charge in [0.15, 0.2) is 0 Å². The van der Waals surface area contributed by atoms with Crippen LogP contribution in [-0.2, 0) is 4.79 Å². The number of hydrogen-bond donors (Lipinski definition) is 0. The van der Waals surface area contributed by atoms with E-state index in [1.165, 1.54) is 11.8 Å². The highest BCUT2D eigenvalue weighted by Gasteiger charge is 2.37. The summed E-state index contributed by atoms with van der Waals surface area (Å²) >= 11 is 0. The first-order valence-corrected chi connectivity index (χ1v) is 12.1. The van der Waals surface area contributed by atoms with Crippen molar-refractivity contribution in [1.82, 2.24) is 9.80 Å². The molecule has 2 heterocycles. The number of ether oxygens (including phenoxy) is 1. The minimum Gasteiger partial charge on any atom is -0.497 e. The third-order valence-corrected chi connectivity index (χ3v) is 6.94. The quantitative estimate of drug-likeness (QED) is 0.628. The maximum Gasteiger partial charge on any atom is 0.222 e. The second-order valence-electron chi connectivity index (χ2n) is 9.81. The van der Waals surface area contributed by atoms with E-state index in [9.17, 15) is 9.18 Å². The van der Waals surface area contributed by atoms with Crippen molar-refractivity contribution in [3.05, 3.63) is 59.9 Å².